The smallest absolute Gasteiger partial charge is 0.411 e. The first kappa shape index (κ1) is 25.1. The summed E-state index contributed by atoms with van der Waals surface area (Å²) in [7, 11) is 0. The van der Waals surface area contributed by atoms with Crippen molar-refractivity contribution in [1.29, 1.82) is 0 Å². The van der Waals surface area contributed by atoms with Crippen LogP contribution in [0, 0.1) is 5.41 Å². The summed E-state index contributed by atoms with van der Waals surface area (Å²) in [5.41, 5.74) is 1.91. The molecule has 2 aromatic carbocycles. The summed E-state index contributed by atoms with van der Waals surface area (Å²) in [5, 5.41) is 10.3. The van der Waals surface area contributed by atoms with Crippen molar-refractivity contribution in [3.05, 3.63) is 59.7 Å². The van der Waals surface area contributed by atoms with Gasteiger partial charge in [0.05, 0.1) is 13.1 Å². The number of carboxylic acid groups (broad SMARTS) is 1. The van der Waals surface area contributed by atoms with Gasteiger partial charge in [0.15, 0.2) is 5.54 Å². The Morgan fingerprint density at radius 2 is 1.51 bits per heavy atom. The van der Waals surface area contributed by atoms with Crippen molar-refractivity contribution in [2.24, 2.45) is 5.41 Å². The van der Waals surface area contributed by atoms with Gasteiger partial charge in [0.25, 0.3) is 0 Å². The van der Waals surface area contributed by atoms with E-state index < -0.39 is 29.3 Å². The Morgan fingerprint density at radius 3 is 1.97 bits per heavy atom. The Morgan fingerprint density at radius 1 is 1.00 bits per heavy atom. The van der Waals surface area contributed by atoms with Crippen LogP contribution in [0.3, 0.4) is 0 Å². The molecule has 0 bridgehead atoms. The number of rotatable bonds is 5. The maximum Gasteiger partial charge on any atom is 0.411 e. The van der Waals surface area contributed by atoms with Crippen molar-refractivity contribution >= 4 is 18.2 Å². The number of benzene rings is 2. The minimum Gasteiger partial charge on any atom is -0.479 e. The fraction of sp³-hybridized carbons (Fsp3) is 0.483. The quantitative estimate of drug-likeness (QED) is 0.605. The molecule has 1 atom stereocenters. The van der Waals surface area contributed by atoms with E-state index in [2.05, 4.69) is 12.1 Å². The molecular weight excluding hydrogens is 472 g/mol. The highest BCUT2D eigenvalue weighted by Crippen LogP contribution is 2.52. The monoisotopic (exact) mass is 506 g/mol. The largest absolute Gasteiger partial charge is 0.479 e. The van der Waals surface area contributed by atoms with Crippen LogP contribution in [0.5, 0.6) is 0 Å². The third kappa shape index (κ3) is 4.32. The molecule has 2 aromatic rings. The van der Waals surface area contributed by atoms with Gasteiger partial charge in [0.1, 0.15) is 12.2 Å². The molecule has 1 N–H and O–H groups in total. The second-order valence-corrected chi connectivity index (χ2v) is 12.1. The van der Waals surface area contributed by atoms with Crippen LogP contribution < -0.4 is 0 Å². The van der Waals surface area contributed by atoms with Crippen LogP contribution in [0.25, 0.3) is 11.1 Å². The number of hydrogen-bond acceptors (Lipinski definition) is 5. The fourth-order valence-electron chi connectivity index (χ4n) is 5.58. The maximum absolute atomic E-state index is 13.6. The van der Waals surface area contributed by atoms with Crippen molar-refractivity contribution < 1.29 is 29.0 Å². The summed E-state index contributed by atoms with van der Waals surface area (Å²) in [6, 6.07) is 15.8. The van der Waals surface area contributed by atoms with Gasteiger partial charge in [-0.05, 0) is 54.9 Å². The zero-order valence-corrected chi connectivity index (χ0v) is 22.0. The molecule has 0 spiro atoms. The molecule has 1 saturated heterocycles. The lowest BCUT2D eigenvalue weighted by Crippen LogP contribution is -2.76. The molecule has 0 unspecified atom stereocenters. The van der Waals surface area contributed by atoms with Gasteiger partial charge >= 0.3 is 18.2 Å². The topological polar surface area (TPSA) is 96.4 Å². The average Bonchev–Trinajstić information content (AvgIpc) is 3.28. The van der Waals surface area contributed by atoms with Gasteiger partial charge in [0.2, 0.25) is 0 Å². The number of amides is 2. The molecule has 0 aromatic heterocycles. The number of nitrogens with zero attached hydrogens (tertiary/aromatic N) is 2. The summed E-state index contributed by atoms with van der Waals surface area (Å²) in [5.74, 6) is -1.28. The van der Waals surface area contributed by atoms with E-state index in [1.54, 1.807) is 20.8 Å². The lowest BCUT2D eigenvalue weighted by Gasteiger charge is -2.52. The Kier molecular flexibility index (Phi) is 5.77. The van der Waals surface area contributed by atoms with Crippen LogP contribution in [0.15, 0.2) is 48.5 Å². The van der Waals surface area contributed by atoms with Gasteiger partial charge in [-0.15, -0.1) is 0 Å². The highest BCUT2D eigenvalue weighted by molar-refractivity contribution is 5.89. The molecule has 196 valence electrons. The molecule has 3 aliphatic rings. The molecular formula is C29H34N2O6. The Balaban J connectivity index is 1.37. The van der Waals surface area contributed by atoms with E-state index in [1.165, 1.54) is 9.80 Å². The number of likely N-dealkylation sites (tertiary alicyclic amines) is 1. The summed E-state index contributed by atoms with van der Waals surface area (Å²) in [6.45, 7) is 9.08. The SMILES string of the molecule is CC(C)(C)OC(=O)N1CC(C(=O)O)(N(C(=O)OCC2c3ccccc3-c3ccccc32)[C@H]2CC2(C)C)C1. The molecule has 5 rings (SSSR count). The van der Waals surface area contributed by atoms with E-state index in [0.29, 0.717) is 6.42 Å². The fourth-order valence-corrected chi connectivity index (χ4v) is 5.58. The van der Waals surface area contributed by atoms with E-state index in [0.717, 1.165) is 22.3 Å². The molecule has 0 radical (unpaired) electrons. The normalized spacial score (nSPS) is 20.8. The molecule has 8 nitrogen and oxygen atoms in total. The van der Waals surface area contributed by atoms with E-state index in [4.69, 9.17) is 9.47 Å². The van der Waals surface area contributed by atoms with E-state index in [1.807, 2.05) is 50.2 Å². The number of carboxylic acids is 1. The number of ether oxygens (including phenoxy) is 2. The Bertz CT molecular complexity index is 1210. The van der Waals surface area contributed by atoms with Crippen LogP contribution in [-0.4, -0.2) is 69.9 Å². The minimum absolute atomic E-state index is 0.0992. The highest BCUT2D eigenvalue weighted by atomic mass is 16.6. The lowest BCUT2D eigenvalue weighted by molar-refractivity contribution is -0.163. The average molecular weight is 507 g/mol. The predicted molar refractivity (Wildman–Crippen MR) is 137 cm³/mol. The second-order valence-electron chi connectivity index (χ2n) is 12.1. The van der Waals surface area contributed by atoms with Crippen LogP contribution in [-0.2, 0) is 14.3 Å². The summed E-state index contributed by atoms with van der Waals surface area (Å²) >= 11 is 0. The van der Waals surface area contributed by atoms with Crippen LogP contribution in [0.2, 0.25) is 0 Å². The third-order valence-electron chi connectivity index (χ3n) is 7.72. The summed E-state index contributed by atoms with van der Waals surface area (Å²) in [6.07, 6.45) is -0.589. The lowest BCUT2D eigenvalue weighted by atomic mass is 9.87. The van der Waals surface area contributed by atoms with Gasteiger partial charge in [-0.1, -0.05) is 62.4 Å². The number of carbonyl (C=O) groups excluding carboxylic acids is 2. The van der Waals surface area contributed by atoms with Crippen molar-refractivity contribution in [3.63, 3.8) is 0 Å². The summed E-state index contributed by atoms with van der Waals surface area (Å²) < 4.78 is 11.3. The molecule has 1 aliphatic heterocycles. The van der Waals surface area contributed by atoms with E-state index >= 15 is 0 Å². The van der Waals surface area contributed by atoms with Crippen LogP contribution in [0.4, 0.5) is 9.59 Å². The Labute approximate surface area is 217 Å². The van der Waals surface area contributed by atoms with Gasteiger partial charge in [-0.25, -0.2) is 14.4 Å². The number of fused-ring (bicyclic) bond motifs is 3. The molecule has 2 fully saturated rings. The summed E-state index contributed by atoms with van der Waals surface area (Å²) in [4.78, 5) is 41.5. The predicted octanol–water partition coefficient (Wildman–Crippen LogP) is 5.11. The van der Waals surface area contributed by atoms with E-state index in [-0.39, 0.29) is 37.1 Å². The van der Waals surface area contributed by atoms with Gasteiger partial charge in [0, 0.05) is 12.0 Å². The van der Waals surface area contributed by atoms with Crippen molar-refractivity contribution in [2.45, 2.75) is 64.1 Å². The van der Waals surface area contributed by atoms with Crippen molar-refractivity contribution in [2.75, 3.05) is 19.7 Å². The van der Waals surface area contributed by atoms with Gasteiger partial charge < -0.3 is 19.5 Å². The first-order valence-electron chi connectivity index (χ1n) is 12.7. The van der Waals surface area contributed by atoms with Crippen molar-refractivity contribution in [3.8, 4) is 11.1 Å². The highest BCUT2D eigenvalue weighted by Gasteiger charge is 2.65. The molecule has 2 amide bonds. The number of hydrogen-bond donors (Lipinski definition) is 1. The molecule has 8 heteroatoms. The zero-order valence-electron chi connectivity index (χ0n) is 22.0. The first-order chi connectivity index (χ1) is 17.3. The third-order valence-corrected chi connectivity index (χ3v) is 7.72. The Hall–Kier alpha value is -3.55. The number of carbonyl (C=O) groups is 3. The molecule has 2 aliphatic carbocycles. The van der Waals surface area contributed by atoms with E-state index in [9.17, 15) is 19.5 Å². The minimum atomic E-state index is -1.56. The molecule has 37 heavy (non-hydrogen) atoms. The first-order valence-corrected chi connectivity index (χ1v) is 12.7. The maximum atomic E-state index is 13.6. The molecule has 1 saturated carbocycles. The van der Waals surface area contributed by atoms with Crippen LogP contribution >= 0.6 is 0 Å². The number of aliphatic carboxylic acids is 1. The van der Waals surface area contributed by atoms with Gasteiger partial charge in [-0.2, -0.15) is 0 Å². The standard InChI is InChI=1S/C29H34N2O6/c1-27(2,3)37-25(34)30-16-29(17-30,24(32)33)31(23-14-28(23,4)5)26(35)36-15-22-20-12-8-6-10-18(20)19-11-7-9-13-21(19)22/h6-13,22-23H,14-17H2,1-5H3,(H,32,33)/t23-/m0/s1. The second kappa shape index (κ2) is 8.50. The van der Waals surface area contributed by atoms with Crippen molar-refractivity contribution in [1.82, 2.24) is 9.80 Å². The molecule has 1 heterocycles. The van der Waals surface area contributed by atoms with Crippen LogP contribution in [0.1, 0.15) is 58.1 Å². The zero-order chi connectivity index (χ0) is 26.8. The van der Waals surface area contributed by atoms with Gasteiger partial charge in [-0.3, -0.25) is 4.90 Å².